The number of rotatable bonds is 4. The van der Waals surface area contributed by atoms with E-state index in [0.29, 0.717) is 19.0 Å². The maximum atomic E-state index is 12.5. The van der Waals surface area contributed by atoms with E-state index in [9.17, 15) is 4.79 Å². The van der Waals surface area contributed by atoms with Crippen LogP contribution in [0.2, 0.25) is 0 Å². The molecular formula is C16H22N2O. The predicted octanol–water partition coefficient (Wildman–Crippen LogP) is 2.22. The van der Waals surface area contributed by atoms with Crippen LogP contribution >= 0.6 is 0 Å². The Morgan fingerprint density at radius 3 is 2.63 bits per heavy atom. The predicted molar refractivity (Wildman–Crippen MR) is 78.0 cm³/mol. The molecule has 1 aromatic carbocycles. The van der Waals surface area contributed by atoms with Crippen molar-refractivity contribution in [3.63, 3.8) is 0 Å². The van der Waals surface area contributed by atoms with Gasteiger partial charge in [-0.3, -0.25) is 4.79 Å². The van der Waals surface area contributed by atoms with E-state index in [1.54, 1.807) is 0 Å². The van der Waals surface area contributed by atoms with Gasteiger partial charge < -0.3 is 10.6 Å². The number of benzene rings is 1. The molecule has 1 aliphatic rings. The standard InChI is InChI=1S/C16H22N2O/c1-12(2)15-4-3-11-18(15)16(19)14-7-5-13(6-8-14)9-10-17/h3-8,12,15H,9-11,17H2,1-2H3/t15-/m1/s1. The summed E-state index contributed by atoms with van der Waals surface area (Å²) >= 11 is 0. The molecule has 3 heteroatoms. The molecule has 1 aromatic rings. The molecule has 0 bridgehead atoms. The van der Waals surface area contributed by atoms with Gasteiger partial charge in [-0.2, -0.15) is 0 Å². The smallest absolute Gasteiger partial charge is 0.254 e. The maximum Gasteiger partial charge on any atom is 0.254 e. The lowest BCUT2D eigenvalue weighted by Gasteiger charge is -2.27. The lowest BCUT2D eigenvalue weighted by molar-refractivity contribution is 0.0720. The van der Waals surface area contributed by atoms with Gasteiger partial charge in [-0.15, -0.1) is 0 Å². The Morgan fingerprint density at radius 2 is 2.05 bits per heavy atom. The number of amides is 1. The Hall–Kier alpha value is -1.61. The normalized spacial score (nSPS) is 18.3. The summed E-state index contributed by atoms with van der Waals surface area (Å²) in [4.78, 5) is 14.4. The van der Waals surface area contributed by atoms with Crippen LogP contribution in [0.25, 0.3) is 0 Å². The highest BCUT2D eigenvalue weighted by molar-refractivity contribution is 5.95. The molecule has 19 heavy (non-hydrogen) atoms. The molecule has 102 valence electrons. The van der Waals surface area contributed by atoms with E-state index in [2.05, 4.69) is 26.0 Å². The quantitative estimate of drug-likeness (QED) is 0.842. The van der Waals surface area contributed by atoms with Gasteiger partial charge in [0.1, 0.15) is 0 Å². The van der Waals surface area contributed by atoms with E-state index in [-0.39, 0.29) is 11.9 Å². The van der Waals surface area contributed by atoms with Crippen LogP contribution in [0.1, 0.15) is 29.8 Å². The Morgan fingerprint density at radius 1 is 1.37 bits per heavy atom. The van der Waals surface area contributed by atoms with Gasteiger partial charge in [0, 0.05) is 12.1 Å². The highest BCUT2D eigenvalue weighted by Gasteiger charge is 2.27. The number of nitrogens with two attached hydrogens (primary N) is 1. The summed E-state index contributed by atoms with van der Waals surface area (Å²) < 4.78 is 0. The average Bonchev–Trinajstić information content (AvgIpc) is 2.88. The molecule has 1 atom stereocenters. The average molecular weight is 258 g/mol. The Balaban J connectivity index is 2.11. The van der Waals surface area contributed by atoms with Gasteiger partial charge in [-0.1, -0.05) is 38.1 Å². The Bertz CT molecular complexity index is 462. The molecule has 1 heterocycles. The van der Waals surface area contributed by atoms with E-state index < -0.39 is 0 Å². The third-order valence-corrected chi connectivity index (χ3v) is 3.57. The molecule has 0 fully saturated rings. The fourth-order valence-electron chi connectivity index (χ4n) is 2.49. The minimum atomic E-state index is 0.114. The van der Waals surface area contributed by atoms with Crippen LogP contribution < -0.4 is 5.73 Å². The molecule has 0 spiro atoms. The van der Waals surface area contributed by atoms with E-state index in [4.69, 9.17) is 5.73 Å². The van der Waals surface area contributed by atoms with Crippen molar-refractivity contribution in [2.45, 2.75) is 26.3 Å². The van der Waals surface area contributed by atoms with Crippen molar-refractivity contribution in [3.8, 4) is 0 Å². The summed E-state index contributed by atoms with van der Waals surface area (Å²) in [5.74, 6) is 0.558. The molecular weight excluding hydrogens is 236 g/mol. The second kappa shape index (κ2) is 6.02. The van der Waals surface area contributed by atoms with Gasteiger partial charge in [-0.05, 0) is 36.6 Å². The molecule has 0 saturated carbocycles. The second-order valence-corrected chi connectivity index (χ2v) is 5.36. The first-order valence-electron chi connectivity index (χ1n) is 6.90. The topological polar surface area (TPSA) is 46.3 Å². The number of hydrogen-bond acceptors (Lipinski definition) is 2. The third kappa shape index (κ3) is 3.04. The summed E-state index contributed by atoms with van der Waals surface area (Å²) in [5.41, 5.74) is 7.47. The molecule has 1 aliphatic heterocycles. The summed E-state index contributed by atoms with van der Waals surface area (Å²) in [7, 11) is 0. The highest BCUT2D eigenvalue weighted by Crippen LogP contribution is 2.20. The van der Waals surface area contributed by atoms with Gasteiger partial charge in [0.15, 0.2) is 0 Å². The molecule has 2 N–H and O–H groups in total. The van der Waals surface area contributed by atoms with Crippen molar-refractivity contribution in [1.82, 2.24) is 4.90 Å². The SMILES string of the molecule is CC(C)[C@H]1C=CCN1C(=O)c1ccc(CCN)cc1. The van der Waals surface area contributed by atoms with Crippen LogP contribution in [-0.4, -0.2) is 29.9 Å². The van der Waals surface area contributed by atoms with Crippen molar-refractivity contribution in [1.29, 1.82) is 0 Å². The molecule has 1 amide bonds. The third-order valence-electron chi connectivity index (χ3n) is 3.57. The fraction of sp³-hybridized carbons (Fsp3) is 0.438. The number of hydrogen-bond donors (Lipinski definition) is 1. The largest absolute Gasteiger partial charge is 0.330 e. The molecule has 0 aromatic heterocycles. The van der Waals surface area contributed by atoms with Crippen LogP contribution in [0.15, 0.2) is 36.4 Å². The Kier molecular flexibility index (Phi) is 4.38. The zero-order valence-corrected chi connectivity index (χ0v) is 11.7. The monoisotopic (exact) mass is 258 g/mol. The lowest BCUT2D eigenvalue weighted by atomic mass is 10.0. The van der Waals surface area contributed by atoms with Gasteiger partial charge in [0.2, 0.25) is 0 Å². The van der Waals surface area contributed by atoms with Crippen LogP contribution in [0, 0.1) is 5.92 Å². The lowest BCUT2D eigenvalue weighted by Crippen LogP contribution is -2.39. The Labute approximate surface area is 115 Å². The fourth-order valence-corrected chi connectivity index (χ4v) is 2.49. The first-order chi connectivity index (χ1) is 9.13. The van der Waals surface area contributed by atoms with E-state index in [0.717, 1.165) is 12.0 Å². The van der Waals surface area contributed by atoms with Crippen molar-refractivity contribution < 1.29 is 4.79 Å². The van der Waals surface area contributed by atoms with Gasteiger partial charge in [-0.25, -0.2) is 0 Å². The van der Waals surface area contributed by atoms with Crippen LogP contribution in [0.3, 0.4) is 0 Å². The zero-order valence-electron chi connectivity index (χ0n) is 11.7. The van der Waals surface area contributed by atoms with E-state index in [1.165, 1.54) is 5.56 Å². The van der Waals surface area contributed by atoms with Crippen LogP contribution in [0.5, 0.6) is 0 Å². The molecule has 0 radical (unpaired) electrons. The van der Waals surface area contributed by atoms with E-state index in [1.807, 2.05) is 29.2 Å². The van der Waals surface area contributed by atoms with Crippen LogP contribution in [-0.2, 0) is 6.42 Å². The number of carbonyl (C=O) groups excluding carboxylic acids is 1. The molecule has 0 unspecified atom stereocenters. The number of nitrogens with zero attached hydrogens (tertiary/aromatic N) is 1. The van der Waals surface area contributed by atoms with Crippen molar-refractivity contribution in [2.24, 2.45) is 11.7 Å². The van der Waals surface area contributed by atoms with Gasteiger partial charge in [0.05, 0.1) is 6.04 Å². The molecule has 0 saturated heterocycles. The van der Waals surface area contributed by atoms with Crippen molar-refractivity contribution >= 4 is 5.91 Å². The molecule has 3 nitrogen and oxygen atoms in total. The minimum absolute atomic E-state index is 0.114. The molecule has 2 rings (SSSR count). The van der Waals surface area contributed by atoms with Gasteiger partial charge in [0.25, 0.3) is 5.91 Å². The summed E-state index contributed by atoms with van der Waals surface area (Å²) in [6.07, 6.45) is 5.06. The minimum Gasteiger partial charge on any atom is -0.330 e. The number of carbonyl (C=O) groups is 1. The first kappa shape index (κ1) is 13.8. The second-order valence-electron chi connectivity index (χ2n) is 5.36. The van der Waals surface area contributed by atoms with Crippen molar-refractivity contribution in [2.75, 3.05) is 13.1 Å². The van der Waals surface area contributed by atoms with Gasteiger partial charge >= 0.3 is 0 Å². The maximum absolute atomic E-state index is 12.5. The summed E-state index contributed by atoms with van der Waals surface area (Å²) in [6.45, 7) is 5.64. The first-order valence-corrected chi connectivity index (χ1v) is 6.90. The van der Waals surface area contributed by atoms with Crippen molar-refractivity contribution in [3.05, 3.63) is 47.5 Å². The zero-order chi connectivity index (χ0) is 13.8. The van der Waals surface area contributed by atoms with E-state index >= 15 is 0 Å². The summed E-state index contributed by atoms with van der Waals surface area (Å²) in [6, 6.07) is 8.02. The highest BCUT2D eigenvalue weighted by atomic mass is 16.2. The summed E-state index contributed by atoms with van der Waals surface area (Å²) in [5, 5.41) is 0. The molecule has 0 aliphatic carbocycles. The van der Waals surface area contributed by atoms with Crippen LogP contribution in [0.4, 0.5) is 0 Å².